The van der Waals surface area contributed by atoms with Gasteiger partial charge in [-0.2, -0.15) is 0 Å². The first-order valence-corrected chi connectivity index (χ1v) is 6.74. The van der Waals surface area contributed by atoms with E-state index in [9.17, 15) is 0 Å². The summed E-state index contributed by atoms with van der Waals surface area (Å²) in [6.45, 7) is 3.56. The zero-order chi connectivity index (χ0) is 12.3. The van der Waals surface area contributed by atoms with Crippen LogP contribution in [0.1, 0.15) is 30.0 Å². The second kappa shape index (κ2) is 3.41. The van der Waals surface area contributed by atoms with Crippen LogP contribution in [-0.2, 0) is 7.05 Å². The quantitative estimate of drug-likeness (QED) is 0.741. The van der Waals surface area contributed by atoms with Crippen molar-refractivity contribution >= 4 is 5.69 Å². The molecule has 3 heterocycles. The smallest absolute Gasteiger partial charge is 0.0405 e. The molecule has 0 spiro atoms. The maximum absolute atomic E-state index is 2.58. The summed E-state index contributed by atoms with van der Waals surface area (Å²) in [5.41, 5.74) is 4.48. The summed E-state index contributed by atoms with van der Waals surface area (Å²) in [6.07, 6.45) is 2.16. The van der Waals surface area contributed by atoms with Crippen molar-refractivity contribution in [2.75, 3.05) is 11.4 Å². The fourth-order valence-corrected chi connectivity index (χ4v) is 3.97. The normalized spacial score (nSPS) is 28.8. The Morgan fingerprint density at radius 2 is 1.94 bits per heavy atom. The van der Waals surface area contributed by atoms with Gasteiger partial charge in [0.1, 0.15) is 0 Å². The molecule has 2 heteroatoms. The third-order valence-corrected chi connectivity index (χ3v) is 4.81. The molecule has 0 N–H and O–H groups in total. The van der Waals surface area contributed by atoms with Gasteiger partial charge >= 0.3 is 0 Å². The topological polar surface area (TPSA) is 8.17 Å². The Labute approximate surface area is 108 Å². The van der Waals surface area contributed by atoms with Crippen LogP contribution in [0.25, 0.3) is 0 Å². The van der Waals surface area contributed by atoms with E-state index < -0.39 is 0 Å². The fourth-order valence-electron chi connectivity index (χ4n) is 3.97. The predicted molar refractivity (Wildman–Crippen MR) is 74.1 cm³/mol. The molecule has 0 radical (unpaired) electrons. The molecular formula is C16H18N2. The zero-order valence-corrected chi connectivity index (χ0v) is 10.9. The number of aryl methyl sites for hydroxylation is 1. The highest BCUT2D eigenvalue weighted by Gasteiger charge is 2.47. The van der Waals surface area contributed by atoms with Crippen LogP contribution in [0.15, 0.2) is 42.6 Å². The Bertz CT molecular complexity index is 599. The Hall–Kier alpha value is -1.70. The molecule has 0 amide bonds. The van der Waals surface area contributed by atoms with Crippen molar-refractivity contribution < 1.29 is 0 Å². The molecule has 0 saturated carbocycles. The fraction of sp³-hybridized carbons (Fsp3) is 0.375. The maximum Gasteiger partial charge on any atom is 0.0405 e. The zero-order valence-electron chi connectivity index (χ0n) is 10.9. The van der Waals surface area contributed by atoms with Gasteiger partial charge in [0.05, 0.1) is 0 Å². The van der Waals surface area contributed by atoms with Crippen molar-refractivity contribution in [2.45, 2.75) is 24.8 Å². The highest BCUT2D eigenvalue weighted by Crippen LogP contribution is 2.53. The number of hydrogen-bond acceptors (Lipinski definition) is 1. The minimum atomic E-state index is 0.610. The monoisotopic (exact) mass is 238 g/mol. The summed E-state index contributed by atoms with van der Waals surface area (Å²) >= 11 is 0. The second-order valence-corrected chi connectivity index (χ2v) is 5.63. The van der Waals surface area contributed by atoms with Crippen LogP contribution in [0.4, 0.5) is 5.69 Å². The summed E-state index contributed by atoms with van der Waals surface area (Å²) in [5, 5.41) is 0. The van der Waals surface area contributed by atoms with Crippen LogP contribution in [0.2, 0.25) is 0 Å². The molecule has 4 rings (SSSR count). The highest BCUT2D eigenvalue weighted by molar-refractivity contribution is 5.65. The summed E-state index contributed by atoms with van der Waals surface area (Å²) in [5.74, 6) is 1.31. The van der Waals surface area contributed by atoms with Crippen molar-refractivity contribution in [3.8, 4) is 0 Å². The molecule has 2 unspecified atom stereocenters. The lowest BCUT2D eigenvalue weighted by atomic mass is 9.81. The number of para-hydroxylation sites is 1. The van der Waals surface area contributed by atoms with Gasteiger partial charge in [0, 0.05) is 49.0 Å². The van der Waals surface area contributed by atoms with E-state index in [1.54, 1.807) is 5.56 Å². The lowest BCUT2D eigenvalue weighted by Crippen LogP contribution is -2.31. The number of fused-ring (bicyclic) bond motifs is 5. The second-order valence-electron chi connectivity index (χ2n) is 5.63. The Balaban J connectivity index is 1.84. The predicted octanol–water partition coefficient (Wildman–Crippen LogP) is 3.11. The number of hydrogen-bond donors (Lipinski definition) is 0. The Morgan fingerprint density at radius 3 is 2.72 bits per heavy atom. The first kappa shape index (κ1) is 10.2. The van der Waals surface area contributed by atoms with Gasteiger partial charge in [0.15, 0.2) is 0 Å². The van der Waals surface area contributed by atoms with Crippen LogP contribution < -0.4 is 4.90 Å². The van der Waals surface area contributed by atoms with E-state index in [4.69, 9.17) is 0 Å². The van der Waals surface area contributed by atoms with E-state index >= 15 is 0 Å². The van der Waals surface area contributed by atoms with Crippen molar-refractivity contribution in [1.82, 2.24) is 4.57 Å². The third-order valence-electron chi connectivity index (χ3n) is 4.81. The molecule has 92 valence electrons. The van der Waals surface area contributed by atoms with Gasteiger partial charge in [-0.1, -0.05) is 18.2 Å². The molecule has 18 heavy (non-hydrogen) atoms. The molecule has 1 aromatic heterocycles. The number of aromatic nitrogens is 1. The average Bonchev–Trinajstić information content (AvgIpc) is 3.03. The summed E-state index contributed by atoms with van der Waals surface area (Å²) in [6, 6.07) is 14.0. The molecule has 2 aliphatic heterocycles. The van der Waals surface area contributed by atoms with Gasteiger partial charge < -0.3 is 9.47 Å². The Morgan fingerprint density at radius 1 is 1.11 bits per heavy atom. The molecule has 1 fully saturated rings. The van der Waals surface area contributed by atoms with Gasteiger partial charge in [0.25, 0.3) is 0 Å². The molecule has 1 saturated heterocycles. The number of benzene rings is 1. The standard InChI is InChI=1S/C16H18N2/c1-11-16(15-8-5-9-17(15)2)13-10-18(11)14-7-4-3-6-12(13)14/h3-9,11,13,16H,10H2,1-2H3/t11-,13?,16?/m1/s1. The van der Waals surface area contributed by atoms with Gasteiger partial charge in [0.2, 0.25) is 0 Å². The van der Waals surface area contributed by atoms with Gasteiger partial charge in [-0.25, -0.2) is 0 Å². The maximum atomic E-state index is 2.58. The van der Waals surface area contributed by atoms with E-state index in [1.807, 2.05) is 0 Å². The van der Waals surface area contributed by atoms with Gasteiger partial charge in [-0.05, 0) is 30.7 Å². The van der Waals surface area contributed by atoms with Crippen LogP contribution in [0.5, 0.6) is 0 Å². The molecular weight excluding hydrogens is 220 g/mol. The van der Waals surface area contributed by atoms with E-state index in [0.717, 1.165) is 0 Å². The van der Waals surface area contributed by atoms with E-state index in [-0.39, 0.29) is 0 Å². The largest absolute Gasteiger partial charge is 0.367 e. The molecule has 2 aliphatic rings. The molecule has 2 aromatic rings. The van der Waals surface area contributed by atoms with E-state index in [0.29, 0.717) is 17.9 Å². The number of nitrogens with zero attached hydrogens (tertiary/aromatic N) is 2. The van der Waals surface area contributed by atoms with Gasteiger partial charge in [-0.15, -0.1) is 0 Å². The summed E-state index contributed by atoms with van der Waals surface area (Å²) in [4.78, 5) is 2.58. The third kappa shape index (κ3) is 1.13. The molecule has 0 aliphatic carbocycles. The number of anilines is 1. The van der Waals surface area contributed by atoms with Crippen molar-refractivity contribution in [3.63, 3.8) is 0 Å². The molecule has 3 atom stereocenters. The minimum absolute atomic E-state index is 0.610. The summed E-state index contributed by atoms with van der Waals surface area (Å²) in [7, 11) is 2.16. The summed E-state index contributed by atoms with van der Waals surface area (Å²) < 4.78 is 2.28. The average molecular weight is 238 g/mol. The van der Waals surface area contributed by atoms with E-state index in [1.165, 1.54) is 17.9 Å². The molecule has 2 nitrogen and oxygen atoms in total. The van der Waals surface area contributed by atoms with Crippen LogP contribution in [0, 0.1) is 0 Å². The van der Waals surface area contributed by atoms with Crippen LogP contribution in [0.3, 0.4) is 0 Å². The molecule has 1 aromatic carbocycles. The molecule has 2 bridgehead atoms. The lowest BCUT2D eigenvalue weighted by Gasteiger charge is -2.32. The van der Waals surface area contributed by atoms with Crippen molar-refractivity contribution in [3.05, 3.63) is 53.9 Å². The van der Waals surface area contributed by atoms with Crippen molar-refractivity contribution in [2.24, 2.45) is 7.05 Å². The van der Waals surface area contributed by atoms with Crippen LogP contribution in [-0.4, -0.2) is 17.2 Å². The van der Waals surface area contributed by atoms with E-state index in [2.05, 4.69) is 66.0 Å². The van der Waals surface area contributed by atoms with Crippen molar-refractivity contribution in [1.29, 1.82) is 0 Å². The highest BCUT2D eigenvalue weighted by atomic mass is 15.2. The minimum Gasteiger partial charge on any atom is -0.367 e. The first-order chi connectivity index (χ1) is 8.77. The van der Waals surface area contributed by atoms with Crippen LogP contribution >= 0.6 is 0 Å². The van der Waals surface area contributed by atoms with Gasteiger partial charge in [-0.3, -0.25) is 0 Å². The number of rotatable bonds is 1. The first-order valence-electron chi connectivity index (χ1n) is 6.74. The Kier molecular flexibility index (Phi) is 1.94. The SMILES string of the molecule is C[C@@H]1C(c2cccn2C)C2CN1c1ccccc12. The lowest BCUT2D eigenvalue weighted by molar-refractivity contribution is 0.538.